The van der Waals surface area contributed by atoms with Gasteiger partial charge in [0.05, 0.1) is 5.69 Å². The van der Waals surface area contributed by atoms with E-state index in [1.807, 2.05) is 24.3 Å². The third-order valence-electron chi connectivity index (χ3n) is 2.25. The Morgan fingerprint density at radius 1 is 1.44 bits per heavy atom. The van der Waals surface area contributed by atoms with Crippen LogP contribution in [0.1, 0.15) is 0 Å². The number of carbonyl (C=O) groups is 1. The molecule has 2 N–H and O–H groups in total. The zero-order valence-corrected chi connectivity index (χ0v) is 8.45. The van der Waals surface area contributed by atoms with Crippen LogP contribution < -0.4 is 5.32 Å². The number of aromatic nitrogens is 1. The van der Waals surface area contributed by atoms with Crippen molar-refractivity contribution < 1.29 is 4.79 Å². The molecule has 0 unspecified atom stereocenters. The molecule has 1 amide bonds. The average molecular weight is 211 g/mol. The number of amides is 1. The summed E-state index contributed by atoms with van der Waals surface area (Å²) in [5.74, 6) is -0.479. The van der Waals surface area contributed by atoms with Gasteiger partial charge in [-0.05, 0) is 6.07 Å². The molecule has 78 valence electrons. The van der Waals surface area contributed by atoms with Crippen LogP contribution in [0.25, 0.3) is 10.9 Å². The highest BCUT2D eigenvalue weighted by atomic mass is 16.1. The van der Waals surface area contributed by atoms with Crippen molar-refractivity contribution in [3.63, 3.8) is 0 Å². The second kappa shape index (κ2) is 3.91. The topological polar surface area (TPSA) is 68.7 Å². The van der Waals surface area contributed by atoms with Gasteiger partial charge in [-0.25, -0.2) is 0 Å². The van der Waals surface area contributed by atoms with E-state index < -0.39 is 5.91 Å². The van der Waals surface area contributed by atoms with Gasteiger partial charge in [-0.2, -0.15) is 5.26 Å². The Morgan fingerprint density at radius 3 is 2.94 bits per heavy atom. The third-order valence-corrected chi connectivity index (χ3v) is 2.25. The van der Waals surface area contributed by atoms with Gasteiger partial charge in [0.25, 0.3) is 5.91 Å². The fraction of sp³-hybridized carbons (Fsp3) is 0. The van der Waals surface area contributed by atoms with E-state index in [0.717, 1.165) is 10.9 Å². The monoisotopic (exact) mass is 211 g/mol. The number of benzene rings is 1. The van der Waals surface area contributed by atoms with E-state index in [9.17, 15) is 4.79 Å². The van der Waals surface area contributed by atoms with Crippen LogP contribution in [-0.4, -0.2) is 10.9 Å². The van der Waals surface area contributed by atoms with Gasteiger partial charge in [0.2, 0.25) is 0 Å². The van der Waals surface area contributed by atoms with Crippen LogP contribution >= 0.6 is 0 Å². The van der Waals surface area contributed by atoms with Gasteiger partial charge in [0.15, 0.2) is 0 Å². The smallest absolute Gasteiger partial charge is 0.265 e. The Morgan fingerprint density at radius 2 is 2.19 bits per heavy atom. The van der Waals surface area contributed by atoms with Crippen LogP contribution in [0.5, 0.6) is 0 Å². The number of hydrogen-bond donors (Lipinski definition) is 2. The van der Waals surface area contributed by atoms with E-state index >= 15 is 0 Å². The summed E-state index contributed by atoms with van der Waals surface area (Å²) in [5.41, 5.74) is 1.47. The molecule has 0 bridgehead atoms. The molecule has 0 aliphatic rings. The van der Waals surface area contributed by atoms with Crippen molar-refractivity contribution in [1.82, 2.24) is 4.98 Å². The number of nitrogens with zero attached hydrogens (tertiary/aromatic N) is 1. The summed E-state index contributed by atoms with van der Waals surface area (Å²) in [6.07, 6.45) is 1.69. The van der Waals surface area contributed by atoms with Crippen molar-refractivity contribution in [3.8, 4) is 6.07 Å². The lowest BCUT2D eigenvalue weighted by molar-refractivity contribution is -0.112. The second-order valence-electron chi connectivity index (χ2n) is 3.29. The fourth-order valence-electron chi connectivity index (χ4n) is 1.42. The predicted molar refractivity (Wildman–Crippen MR) is 61.7 cm³/mol. The molecule has 2 aromatic rings. The summed E-state index contributed by atoms with van der Waals surface area (Å²) in [4.78, 5) is 14.5. The molecule has 2 rings (SSSR count). The van der Waals surface area contributed by atoms with Crippen LogP contribution in [0, 0.1) is 11.3 Å². The number of anilines is 1. The van der Waals surface area contributed by atoms with E-state index in [4.69, 9.17) is 5.26 Å². The highest BCUT2D eigenvalue weighted by Gasteiger charge is 2.09. The van der Waals surface area contributed by atoms with Gasteiger partial charge >= 0.3 is 0 Å². The number of para-hydroxylation sites is 1. The first kappa shape index (κ1) is 9.99. The van der Waals surface area contributed by atoms with Crippen LogP contribution in [-0.2, 0) is 4.79 Å². The van der Waals surface area contributed by atoms with Crippen LogP contribution in [0.3, 0.4) is 0 Å². The van der Waals surface area contributed by atoms with Crippen LogP contribution in [0.4, 0.5) is 5.69 Å². The average Bonchev–Trinajstić information content (AvgIpc) is 2.72. The molecular weight excluding hydrogens is 202 g/mol. The highest BCUT2D eigenvalue weighted by molar-refractivity contribution is 6.10. The maximum absolute atomic E-state index is 11.4. The Balaban J connectivity index is 2.32. The molecule has 4 nitrogen and oxygen atoms in total. The van der Waals surface area contributed by atoms with Crippen molar-refractivity contribution >= 4 is 22.5 Å². The van der Waals surface area contributed by atoms with Gasteiger partial charge in [-0.15, -0.1) is 0 Å². The van der Waals surface area contributed by atoms with E-state index in [1.54, 1.807) is 12.3 Å². The minimum Gasteiger partial charge on any atom is -0.359 e. The molecule has 1 heterocycles. The van der Waals surface area contributed by atoms with Gasteiger partial charge in [0, 0.05) is 17.1 Å². The number of nitrogens with one attached hydrogen (secondary N) is 2. The number of nitriles is 1. The van der Waals surface area contributed by atoms with Crippen molar-refractivity contribution in [2.75, 3.05) is 5.32 Å². The summed E-state index contributed by atoms with van der Waals surface area (Å²) in [6.45, 7) is 3.35. The van der Waals surface area contributed by atoms with E-state index in [-0.39, 0.29) is 5.57 Å². The normalized spacial score (nSPS) is 9.69. The van der Waals surface area contributed by atoms with Crippen molar-refractivity contribution in [2.45, 2.75) is 0 Å². The molecule has 0 saturated carbocycles. The lowest BCUT2D eigenvalue weighted by Crippen LogP contribution is -2.12. The molecule has 0 aliphatic heterocycles. The highest BCUT2D eigenvalue weighted by Crippen LogP contribution is 2.22. The standard InChI is InChI=1S/C12H9N3O/c1-8(6-13)12(16)15-11-7-14-10-5-3-2-4-9(10)11/h2-5,7,14H,1H2,(H,15,16). The summed E-state index contributed by atoms with van der Waals surface area (Å²) >= 11 is 0. The largest absolute Gasteiger partial charge is 0.359 e. The van der Waals surface area contributed by atoms with Gasteiger partial charge in [0.1, 0.15) is 11.6 Å². The molecule has 0 saturated heterocycles. The quantitative estimate of drug-likeness (QED) is 0.590. The second-order valence-corrected chi connectivity index (χ2v) is 3.29. The van der Waals surface area contributed by atoms with Gasteiger partial charge in [-0.1, -0.05) is 24.8 Å². The van der Waals surface area contributed by atoms with E-state index in [1.165, 1.54) is 0 Å². The number of aromatic amines is 1. The van der Waals surface area contributed by atoms with E-state index in [2.05, 4.69) is 16.9 Å². The summed E-state index contributed by atoms with van der Waals surface area (Å²) in [7, 11) is 0. The van der Waals surface area contributed by atoms with Crippen molar-refractivity contribution in [3.05, 3.63) is 42.6 Å². The first-order valence-corrected chi connectivity index (χ1v) is 4.69. The number of rotatable bonds is 2. The third kappa shape index (κ3) is 1.66. The maximum Gasteiger partial charge on any atom is 0.265 e. The molecule has 0 atom stereocenters. The molecular formula is C12H9N3O. The first-order chi connectivity index (χ1) is 7.72. The Bertz CT molecular complexity index is 604. The molecule has 1 aromatic heterocycles. The van der Waals surface area contributed by atoms with Gasteiger partial charge in [-0.3, -0.25) is 4.79 Å². The Hall–Kier alpha value is -2.54. The lowest BCUT2D eigenvalue weighted by atomic mass is 10.2. The van der Waals surface area contributed by atoms with Crippen molar-refractivity contribution in [2.24, 2.45) is 0 Å². The number of H-pyrrole nitrogens is 1. The zero-order valence-electron chi connectivity index (χ0n) is 8.45. The molecule has 0 radical (unpaired) electrons. The summed E-state index contributed by atoms with van der Waals surface area (Å²) in [6, 6.07) is 9.28. The lowest BCUT2D eigenvalue weighted by Gasteiger charge is -2.00. The number of hydrogen-bond acceptors (Lipinski definition) is 2. The molecule has 4 heteroatoms. The molecule has 0 aliphatic carbocycles. The Labute approximate surface area is 92.2 Å². The number of carbonyl (C=O) groups excluding carboxylic acids is 1. The molecule has 16 heavy (non-hydrogen) atoms. The fourth-order valence-corrected chi connectivity index (χ4v) is 1.42. The van der Waals surface area contributed by atoms with Gasteiger partial charge < -0.3 is 10.3 Å². The summed E-state index contributed by atoms with van der Waals surface area (Å²) in [5, 5.41) is 12.1. The minimum atomic E-state index is -0.479. The van der Waals surface area contributed by atoms with Crippen LogP contribution in [0.2, 0.25) is 0 Å². The maximum atomic E-state index is 11.4. The van der Waals surface area contributed by atoms with Crippen molar-refractivity contribution in [1.29, 1.82) is 5.26 Å². The molecule has 1 aromatic carbocycles. The SMILES string of the molecule is C=C(C#N)C(=O)Nc1c[nH]c2ccccc12. The Kier molecular flexibility index (Phi) is 2.44. The number of fused-ring (bicyclic) bond motifs is 1. The zero-order chi connectivity index (χ0) is 11.5. The first-order valence-electron chi connectivity index (χ1n) is 4.69. The van der Waals surface area contributed by atoms with Crippen LogP contribution in [0.15, 0.2) is 42.6 Å². The summed E-state index contributed by atoms with van der Waals surface area (Å²) < 4.78 is 0. The van der Waals surface area contributed by atoms with E-state index in [0.29, 0.717) is 5.69 Å². The minimum absolute atomic E-state index is 0.106. The molecule has 0 spiro atoms. The molecule has 0 fully saturated rings. The predicted octanol–water partition coefficient (Wildman–Crippen LogP) is 2.19.